The molecule has 0 radical (unpaired) electrons. The maximum atomic E-state index is 11.2. The van der Waals surface area contributed by atoms with Crippen molar-refractivity contribution in [1.82, 2.24) is 0 Å². The van der Waals surface area contributed by atoms with Crippen LogP contribution >= 0.6 is 0 Å². The van der Waals surface area contributed by atoms with Crippen LogP contribution in [-0.2, 0) is 20.2 Å². The fourth-order valence-electron chi connectivity index (χ4n) is 2.73. The van der Waals surface area contributed by atoms with E-state index in [4.69, 9.17) is 30.0 Å². The lowest BCUT2D eigenvalue weighted by atomic mass is 10.0. The average molecular weight is 489 g/mol. The Morgan fingerprint density at radius 2 is 1.09 bits per heavy atom. The van der Waals surface area contributed by atoms with Crippen LogP contribution in [0.2, 0.25) is 0 Å². The van der Waals surface area contributed by atoms with E-state index < -0.39 is 30.7 Å². The summed E-state index contributed by atoms with van der Waals surface area (Å²) in [6.45, 7) is 2.76. The van der Waals surface area contributed by atoms with Crippen molar-refractivity contribution >= 4 is 31.6 Å². The minimum atomic E-state index is -4.17. The molecule has 0 fully saturated rings. The van der Waals surface area contributed by atoms with E-state index in [1.165, 1.54) is 13.8 Å². The molecule has 0 aliphatic rings. The van der Waals surface area contributed by atoms with Gasteiger partial charge in [-0.15, -0.1) is 0 Å². The third kappa shape index (κ3) is 7.26. The molecule has 0 saturated heterocycles. The Balaban J connectivity index is 2.27. The first-order valence-corrected chi connectivity index (χ1v) is 12.8. The molecule has 0 aromatic heterocycles. The minimum Gasteiger partial charge on any atom is -0.493 e. The van der Waals surface area contributed by atoms with Gasteiger partial charge in [0.15, 0.2) is 0 Å². The van der Waals surface area contributed by atoms with Crippen LogP contribution < -0.4 is 20.9 Å². The predicted octanol–water partition coefficient (Wildman–Crippen LogP) is 2.61. The van der Waals surface area contributed by atoms with Gasteiger partial charge in [0.05, 0.1) is 23.7 Å². The van der Waals surface area contributed by atoms with Gasteiger partial charge in [0.1, 0.15) is 11.5 Å². The zero-order valence-corrected chi connectivity index (χ0v) is 19.4. The van der Waals surface area contributed by atoms with Gasteiger partial charge in [-0.1, -0.05) is 0 Å². The van der Waals surface area contributed by atoms with Crippen molar-refractivity contribution in [2.45, 2.75) is 37.2 Å². The number of benzene rings is 2. The van der Waals surface area contributed by atoms with Gasteiger partial charge in [0, 0.05) is 47.5 Å². The summed E-state index contributed by atoms with van der Waals surface area (Å²) >= 11 is 0. The van der Waals surface area contributed by atoms with Gasteiger partial charge in [0.2, 0.25) is 0 Å². The van der Waals surface area contributed by atoms with E-state index in [1.807, 2.05) is 0 Å². The summed E-state index contributed by atoms with van der Waals surface area (Å²) in [5.74, 6) is 0.738. The summed E-state index contributed by atoms with van der Waals surface area (Å²) in [6, 6.07) is 9.88. The molecule has 2 unspecified atom stereocenters. The smallest absolute Gasteiger partial charge is 0.267 e. The van der Waals surface area contributed by atoms with E-state index in [1.54, 1.807) is 36.4 Å². The molecular formula is C20H28N2O8S2. The Morgan fingerprint density at radius 1 is 0.750 bits per heavy atom. The minimum absolute atomic E-state index is 0.00838. The second-order valence-electron chi connectivity index (χ2n) is 7.44. The molecule has 0 amide bonds. The first kappa shape index (κ1) is 25.7. The van der Waals surface area contributed by atoms with Crippen LogP contribution in [0.3, 0.4) is 0 Å². The first-order valence-electron chi connectivity index (χ1n) is 9.76. The SMILES string of the molecule is CC(CCOc1cc(N)ccc1-c1ccc(N)cc1OCCC(C)S(=O)(=O)O)S(=O)(=O)O. The van der Waals surface area contributed by atoms with E-state index in [-0.39, 0.29) is 26.1 Å². The maximum absolute atomic E-state index is 11.2. The third-order valence-corrected chi connectivity index (χ3v) is 7.39. The summed E-state index contributed by atoms with van der Waals surface area (Å²) in [5.41, 5.74) is 13.8. The van der Waals surface area contributed by atoms with Crippen LogP contribution in [0.1, 0.15) is 26.7 Å². The van der Waals surface area contributed by atoms with Gasteiger partial charge in [-0.25, -0.2) is 0 Å². The van der Waals surface area contributed by atoms with Crippen LogP contribution in [0.5, 0.6) is 11.5 Å². The summed E-state index contributed by atoms with van der Waals surface area (Å²) < 4.78 is 74.5. The van der Waals surface area contributed by atoms with Gasteiger partial charge in [-0.3, -0.25) is 9.11 Å². The van der Waals surface area contributed by atoms with Crippen LogP contribution in [0.25, 0.3) is 11.1 Å². The molecule has 0 heterocycles. The summed E-state index contributed by atoms with van der Waals surface area (Å²) in [5, 5.41) is -1.99. The summed E-state index contributed by atoms with van der Waals surface area (Å²) in [6.07, 6.45) is 0.122. The lowest BCUT2D eigenvalue weighted by Crippen LogP contribution is -2.19. The lowest BCUT2D eigenvalue weighted by Gasteiger charge is -2.18. The fourth-order valence-corrected chi connectivity index (χ4v) is 3.52. The first-order chi connectivity index (χ1) is 14.8. The monoisotopic (exact) mass is 488 g/mol. The van der Waals surface area contributed by atoms with Gasteiger partial charge in [-0.05, 0) is 38.1 Å². The second kappa shape index (κ2) is 10.4. The number of rotatable bonds is 11. The molecule has 0 aliphatic carbocycles. The molecule has 32 heavy (non-hydrogen) atoms. The Bertz CT molecular complexity index is 1060. The quantitative estimate of drug-likeness (QED) is 0.271. The normalized spacial score (nSPS) is 14.0. The Labute approximate surface area is 188 Å². The van der Waals surface area contributed by atoms with Crippen molar-refractivity contribution in [2.75, 3.05) is 24.7 Å². The van der Waals surface area contributed by atoms with Crippen LogP contribution in [-0.4, -0.2) is 49.7 Å². The van der Waals surface area contributed by atoms with Crippen molar-refractivity contribution in [3.05, 3.63) is 36.4 Å². The van der Waals surface area contributed by atoms with Crippen LogP contribution in [0.15, 0.2) is 36.4 Å². The molecule has 0 aliphatic heterocycles. The molecule has 2 aromatic carbocycles. The van der Waals surface area contributed by atoms with Gasteiger partial charge < -0.3 is 20.9 Å². The van der Waals surface area contributed by atoms with Crippen molar-refractivity contribution in [2.24, 2.45) is 0 Å². The van der Waals surface area contributed by atoms with Crippen molar-refractivity contribution < 1.29 is 35.4 Å². The molecule has 0 spiro atoms. The largest absolute Gasteiger partial charge is 0.493 e. The molecule has 0 saturated carbocycles. The molecule has 0 bridgehead atoms. The number of nitrogens with two attached hydrogens (primary N) is 2. The molecule has 10 nitrogen and oxygen atoms in total. The average Bonchev–Trinajstić information content (AvgIpc) is 2.67. The molecule has 6 N–H and O–H groups in total. The molecule has 2 atom stereocenters. The highest BCUT2D eigenvalue weighted by molar-refractivity contribution is 7.86. The zero-order valence-electron chi connectivity index (χ0n) is 17.8. The van der Waals surface area contributed by atoms with E-state index in [0.29, 0.717) is 34.0 Å². The highest BCUT2D eigenvalue weighted by Gasteiger charge is 2.20. The van der Waals surface area contributed by atoms with E-state index in [0.717, 1.165) is 0 Å². The van der Waals surface area contributed by atoms with Gasteiger partial charge >= 0.3 is 0 Å². The van der Waals surface area contributed by atoms with Gasteiger partial charge in [0.25, 0.3) is 20.2 Å². The Hall–Kier alpha value is -2.54. The molecule has 2 rings (SSSR count). The van der Waals surface area contributed by atoms with E-state index in [9.17, 15) is 16.8 Å². The number of hydrogen-bond acceptors (Lipinski definition) is 8. The maximum Gasteiger partial charge on any atom is 0.267 e. The third-order valence-electron chi connectivity index (χ3n) is 4.88. The molecule has 2 aromatic rings. The Kier molecular flexibility index (Phi) is 8.35. The number of hydrogen-bond donors (Lipinski definition) is 4. The topological polar surface area (TPSA) is 179 Å². The zero-order chi connectivity index (χ0) is 24.1. The van der Waals surface area contributed by atoms with Crippen LogP contribution in [0.4, 0.5) is 11.4 Å². The summed E-state index contributed by atoms with van der Waals surface area (Å²) in [7, 11) is -8.33. The van der Waals surface area contributed by atoms with Crippen molar-refractivity contribution in [1.29, 1.82) is 0 Å². The molecule has 178 valence electrons. The standard InChI is InChI=1S/C20H28N2O8S2/c1-13(31(23,24)25)7-9-29-19-11-15(21)3-5-17(19)18-6-4-16(22)12-20(18)30-10-8-14(2)32(26,27)28/h3-6,11-14H,7-10,21-22H2,1-2H3,(H,23,24,25)(H,26,27,28). The lowest BCUT2D eigenvalue weighted by molar-refractivity contribution is 0.304. The van der Waals surface area contributed by atoms with E-state index in [2.05, 4.69) is 0 Å². The van der Waals surface area contributed by atoms with Crippen LogP contribution in [0, 0.1) is 0 Å². The van der Waals surface area contributed by atoms with Gasteiger partial charge in [-0.2, -0.15) is 16.8 Å². The Morgan fingerprint density at radius 3 is 1.41 bits per heavy atom. The number of nitrogen functional groups attached to an aromatic ring is 2. The molecule has 12 heteroatoms. The number of ether oxygens (including phenoxy) is 2. The highest BCUT2D eigenvalue weighted by Crippen LogP contribution is 2.39. The van der Waals surface area contributed by atoms with Crippen molar-refractivity contribution in [3.63, 3.8) is 0 Å². The molecular weight excluding hydrogens is 460 g/mol. The number of anilines is 2. The predicted molar refractivity (Wildman–Crippen MR) is 123 cm³/mol. The fraction of sp³-hybridized carbons (Fsp3) is 0.400. The second-order valence-corrected chi connectivity index (χ2v) is 11.1. The van der Waals surface area contributed by atoms with E-state index >= 15 is 0 Å². The highest BCUT2D eigenvalue weighted by atomic mass is 32.2. The van der Waals surface area contributed by atoms with Crippen molar-refractivity contribution in [3.8, 4) is 22.6 Å². The summed E-state index contributed by atoms with van der Waals surface area (Å²) in [4.78, 5) is 0.